The van der Waals surface area contributed by atoms with Crippen molar-refractivity contribution in [2.24, 2.45) is 0 Å². The molecule has 1 fully saturated rings. The first-order chi connectivity index (χ1) is 5.19. The van der Waals surface area contributed by atoms with Gasteiger partial charge in [0, 0.05) is 13.1 Å². The first-order valence-electron chi connectivity index (χ1n) is 3.62. The minimum Gasteiger partial charge on any atom is -0.467 e. The van der Waals surface area contributed by atoms with E-state index in [1.54, 1.807) is 6.92 Å². The lowest BCUT2D eigenvalue weighted by Gasteiger charge is -2.31. The molecule has 11 heavy (non-hydrogen) atoms. The highest BCUT2D eigenvalue weighted by atomic mass is 16.6. The normalized spacial score (nSPS) is 31.5. The van der Waals surface area contributed by atoms with E-state index in [2.05, 4.69) is 10.1 Å². The summed E-state index contributed by atoms with van der Waals surface area (Å²) in [7, 11) is 1.37. The summed E-state index contributed by atoms with van der Waals surface area (Å²) in [5.41, 5.74) is -0.785. The van der Waals surface area contributed by atoms with Crippen molar-refractivity contribution >= 4 is 5.97 Å². The maximum Gasteiger partial charge on any atom is 0.339 e. The Labute approximate surface area is 65.9 Å². The lowest BCUT2D eigenvalue weighted by Crippen LogP contribution is -2.53. The summed E-state index contributed by atoms with van der Waals surface area (Å²) in [6.07, 6.45) is 0. The molecule has 1 heterocycles. The number of carbonyl (C=O) groups is 1. The van der Waals surface area contributed by atoms with Crippen molar-refractivity contribution in [2.75, 3.05) is 26.8 Å². The second-order valence-electron chi connectivity index (χ2n) is 2.75. The SMILES string of the molecule is COC(=O)[C@]1(C)CNCCO1. The van der Waals surface area contributed by atoms with Crippen molar-refractivity contribution in [3.05, 3.63) is 0 Å². The van der Waals surface area contributed by atoms with Gasteiger partial charge in [-0.05, 0) is 6.92 Å². The molecule has 4 nitrogen and oxygen atoms in total. The summed E-state index contributed by atoms with van der Waals surface area (Å²) in [6.45, 7) is 3.61. The summed E-state index contributed by atoms with van der Waals surface area (Å²) in [4.78, 5) is 11.1. The zero-order valence-electron chi connectivity index (χ0n) is 6.85. The molecule has 0 aromatic heterocycles. The lowest BCUT2D eigenvalue weighted by atomic mass is 10.1. The van der Waals surface area contributed by atoms with Crippen LogP contribution in [0.2, 0.25) is 0 Å². The molecule has 1 saturated heterocycles. The molecule has 1 N–H and O–H groups in total. The highest BCUT2D eigenvalue weighted by Crippen LogP contribution is 2.13. The Kier molecular flexibility index (Phi) is 2.46. The molecule has 0 unspecified atom stereocenters. The van der Waals surface area contributed by atoms with Gasteiger partial charge in [-0.15, -0.1) is 0 Å². The Bertz CT molecular complexity index is 152. The molecular weight excluding hydrogens is 146 g/mol. The number of methoxy groups -OCH3 is 1. The Morgan fingerprint density at radius 2 is 2.45 bits per heavy atom. The zero-order chi connectivity index (χ0) is 8.32. The monoisotopic (exact) mass is 159 g/mol. The maximum atomic E-state index is 11.1. The van der Waals surface area contributed by atoms with Crippen molar-refractivity contribution in [1.82, 2.24) is 5.32 Å². The van der Waals surface area contributed by atoms with Crippen LogP contribution >= 0.6 is 0 Å². The smallest absolute Gasteiger partial charge is 0.339 e. The van der Waals surface area contributed by atoms with Crippen LogP contribution in [0.1, 0.15) is 6.92 Å². The van der Waals surface area contributed by atoms with Crippen molar-refractivity contribution in [1.29, 1.82) is 0 Å². The molecule has 0 bridgehead atoms. The van der Waals surface area contributed by atoms with Crippen LogP contribution in [0.15, 0.2) is 0 Å². The van der Waals surface area contributed by atoms with Gasteiger partial charge in [-0.2, -0.15) is 0 Å². The van der Waals surface area contributed by atoms with Gasteiger partial charge in [0.25, 0.3) is 0 Å². The minimum absolute atomic E-state index is 0.315. The van der Waals surface area contributed by atoms with Crippen molar-refractivity contribution in [3.8, 4) is 0 Å². The number of rotatable bonds is 1. The molecule has 1 atom stereocenters. The van der Waals surface area contributed by atoms with Gasteiger partial charge in [0.15, 0.2) is 5.60 Å². The average Bonchev–Trinajstić information content (AvgIpc) is 2.04. The second-order valence-corrected chi connectivity index (χ2v) is 2.75. The van der Waals surface area contributed by atoms with Gasteiger partial charge < -0.3 is 14.8 Å². The third-order valence-corrected chi connectivity index (χ3v) is 1.78. The Hall–Kier alpha value is -0.610. The summed E-state index contributed by atoms with van der Waals surface area (Å²) < 4.78 is 9.87. The molecule has 0 amide bonds. The number of esters is 1. The highest BCUT2D eigenvalue weighted by Gasteiger charge is 2.36. The predicted octanol–water partition coefficient (Wildman–Crippen LogP) is -0.462. The van der Waals surface area contributed by atoms with E-state index in [4.69, 9.17) is 4.74 Å². The maximum absolute atomic E-state index is 11.1. The number of nitrogens with one attached hydrogen (secondary N) is 1. The summed E-state index contributed by atoms with van der Waals surface area (Å²) in [5, 5.41) is 3.06. The average molecular weight is 159 g/mol. The van der Waals surface area contributed by atoms with Crippen LogP contribution in [-0.4, -0.2) is 38.4 Å². The summed E-state index contributed by atoms with van der Waals surface area (Å²) >= 11 is 0. The molecule has 1 aliphatic heterocycles. The second kappa shape index (κ2) is 3.19. The molecule has 64 valence electrons. The van der Waals surface area contributed by atoms with Crippen LogP contribution < -0.4 is 5.32 Å². The van der Waals surface area contributed by atoms with Gasteiger partial charge in [-0.3, -0.25) is 0 Å². The number of ether oxygens (including phenoxy) is 2. The van der Waals surface area contributed by atoms with Crippen LogP contribution in [0.4, 0.5) is 0 Å². The summed E-state index contributed by atoms with van der Waals surface area (Å²) in [5.74, 6) is -0.315. The van der Waals surface area contributed by atoms with E-state index < -0.39 is 5.60 Å². The molecule has 4 heteroatoms. The predicted molar refractivity (Wildman–Crippen MR) is 39.2 cm³/mol. The van der Waals surface area contributed by atoms with Gasteiger partial charge in [0.1, 0.15) is 0 Å². The Morgan fingerprint density at radius 1 is 1.73 bits per heavy atom. The molecule has 0 spiro atoms. The van der Waals surface area contributed by atoms with E-state index in [0.717, 1.165) is 6.54 Å². The third-order valence-electron chi connectivity index (χ3n) is 1.78. The first-order valence-corrected chi connectivity index (χ1v) is 3.62. The van der Waals surface area contributed by atoms with Gasteiger partial charge in [0.2, 0.25) is 0 Å². The fourth-order valence-corrected chi connectivity index (χ4v) is 1.07. The van der Waals surface area contributed by atoms with E-state index in [1.807, 2.05) is 0 Å². The molecule has 0 aromatic carbocycles. The van der Waals surface area contributed by atoms with Gasteiger partial charge in [-0.1, -0.05) is 0 Å². The van der Waals surface area contributed by atoms with E-state index in [-0.39, 0.29) is 5.97 Å². The van der Waals surface area contributed by atoms with Crippen molar-refractivity contribution < 1.29 is 14.3 Å². The topological polar surface area (TPSA) is 47.6 Å². The molecule has 0 aromatic rings. The van der Waals surface area contributed by atoms with E-state index in [9.17, 15) is 4.79 Å². The number of hydrogen-bond acceptors (Lipinski definition) is 4. The molecule has 1 aliphatic rings. The molecule has 0 radical (unpaired) electrons. The number of morpholine rings is 1. The Balaban J connectivity index is 2.56. The fourth-order valence-electron chi connectivity index (χ4n) is 1.07. The molecule has 0 aliphatic carbocycles. The van der Waals surface area contributed by atoms with Gasteiger partial charge >= 0.3 is 5.97 Å². The fraction of sp³-hybridized carbons (Fsp3) is 0.857. The number of hydrogen-bond donors (Lipinski definition) is 1. The zero-order valence-corrected chi connectivity index (χ0v) is 6.85. The highest BCUT2D eigenvalue weighted by molar-refractivity contribution is 5.79. The largest absolute Gasteiger partial charge is 0.467 e. The van der Waals surface area contributed by atoms with Crippen LogP contribution in [0.5, 0.6) is 0 Å². The molecular formula is C7H13NO3. The van der Waals surface area contributed by atoms with E-state index >= 15 is 0 Å². The van der Waals surface area contributed by atoms with Crippen LogP contribution in [0.25, 0.3) is 0 Å². The van der Waals surface area contributed by atoms with Crippen molar-refractivity contribution in [2.45, 2.75) is 12.5 Å². The first kappa shape index (κ1) is 8.49. The Morgan fingerprint density at radius 3 is 2.91 bits per heavy atom. The van der Waals surface area contributed by atoms with Gasteiger partial charge in [0.05, 0.1) is 13.7 Å². The van der Waals surface area contributed by atoms with Crippen molar-refractivity contribution in [3.63, 3.8) is 0 Å². The summed E-state index contributed by atoms with van der Waals surface area (Å²) in [6, 6.07) is 0. The third kappa shape index (κ3) is 1.70. The minimum atomic E-state index is -0.785. The van der Waals surface area contributed by atoms with E-state index in [0.29, 0.717) is 13.2 Å². The van der Waals surface area contributed by atoms with Crippen LogP contribution in [-0.2, 0) is 14.3 Å². The van der Waals surface area contributed by atoms with Crippen LogP contribution in [0.3, 0.4) is 0 Å². The number of carbonyl (C=O) groups excluding carboxylic acids is 1. The van der Waals surface area contributed by atoms with E-state index in [1.165, 1.54) is 7.11 Å². The lowest BCUT2D eigenvalue weighted by molar-refractivity contribution is -0.170. The quantitative estimate of drug-likeness (QED) is 0.526. The standard InChI is InChI=1S/C7H13NO3/c1-7(6(9)10-2)5-8-3-4-11-7/h8H,3-5H2,1-2H3/t7-/m0/s1. The molecule has 0 saturated carbocycles. The van der Waals surface area contributed by atoms with Gasteiger partial charge in [-0.25, -0.2) is 4.79 Å². The van der Waals surface area contributed by atoms with Crippen LogP contribution in [0, 0.1) is 0 Å². The molecule has 1 rings (SSSR count).